The zero-order valence-electron chi connectivity index (χ0n) is 13.4. The standard InChI is InChI=1S/C14H23F3N4O/c1-11(2)21(10-14(15,16)17)6-5-7-22-19-12(3)13-8-18-20(4)9-13/h8-9,11H,5-7,10H2,1-4H3. The summed E-state index contributed by atoms with van der Waals surface area (Å²) in [6.07, 6.45) is -0.212. The number of alkyl halides is 3. The van der Waals surface area contributed by atoms with Gasteiger partial charge in [-0.25, -0.2) is 0 Å². The fraction of sp³-hybridized carbons (Fsp3) is 0.714. The molecule has 0 saturated carbocycles. The number of rotatable bonds is 8. The average molecular weight is 320 g/mol. The molecule has 1 heterocycles. The molecule has 8 heteroatoms. The summed E-state index contributed by atoms with van der Waals surface area (Å²) in [6, 6.07) is -0.165. The van der Waals surface area contributed by atoms with Crippen LogP contribution in [0.4, 0.5) is 13.2 Å². The molecule has 22 heavy (non-hydrogen) atoms. The van der Waals surface area contributed by atoms with Gasteiger partial charge in [-0.2, -0.15) is 18.3 Å². The summed E-state index contributed by atoms with van der Waals surface area (Å²) in [4.78, 5) is 6.54. The molecule has 1 rings (SSSR count). The van der Waals surface area contributed by atoms with Crippen LogP contribution in [0.1, 0.15) is 32.8 Å². The van der Waals surface area contributed by atoms with Gasteiger partial charge < -0.3 is 4.84 Å². The van der Waals surface area contributed by atoms with Crippen molar-refractivity contribution in [3.05, 3.63) is 18.0 Å². The fourth-order valence-electron chi connectivity index (χ4n) is 1.89. The van der Waals surface area contributed by atoms with E-state index in [1.165, 1.54) is 4.90 Å². The molecule has 0 aliphatic rings. The summed E-state index contributed by atoms with van der Waals surface area (Å²) < 4.78 is 39.0. The van der Waals surface area contributed by atoms with Crippen LogP contribution in [0.15, 0.2) is 17.5 Å². The highest BCUT2D eigenvalue weighted by molar-refractivity contribution is 5.97. The third-order valence-electron chi connectivity index (χ3n) is 3.12. The molecule has 0 N–H and O–H groups in total. The molecule has 0 radical (unpaired) electrons. The number of aromatic nitrogens is 2. The molecule has 0 fully saturated rings. The third kappa shape index (κ3) is 6.93. The van der Waals surface area contributed by atoms with Crippen LogP contribution < -0.4 is 0 Å². The zero-order valence-corrected chi connectivity index (χ0v) is 13.4. The first-order valence-electron chi connectivity index (χ1n) is 7.15. The van der Waals surface area contributed by atoms with Gasteiger partial charge in [0.05, 0.1) is 18.5 Å². The Kier molecular flexibility index (Phi) is 6.86. The van der Waals surface area contributed by atoms with Crippen molar-refractivity contribution < 1.29 is 18.0 Å². The van der Waals surface area contributed by atoms with Crippen LogP contribution in [0.5, 0.6) is 0 Å². The van der Waals surface area contributed by atoms with Gasteiger partial charge in [0.25, 0.3) is 0 Å². The molecule has 0 aliphatic heterocycles. The molecule has 0 aliphatic carbocycles. The van der Waals surface area contributed by atoms with Gasteiger partial charge in [0.15, 0.2) is 0 Å². The predicted molar refractivity (Wildman–Crippen MR) is 78.8 cm³/mol. The first kappa shape index (κ1) is 18.5. The van der Waals surface area contributed by atoms with E-state index in [0.717, 1.165) is 5.56 Å². The summed E-state index contributed by atoms with van der Waals surface area (Å²) in [6.45, 7) is 4.98. The third-order valence-corrected chi connectivity index (χ3v) is 3.12. The molecule has 0 aromatic carbocycles. The van der Waals surface area contributed by atoms with Gasteiger partial charge in [-0.3, -0.25) is 9.58 Å². The molecule has 0 amide bonds. The maximum Gasteiger partial charge on any atom is 0.401 e. The lowest BCUT2D eigenvalue weighted by Gasteiger charge is -2.27. The quantitative estimate of drug-likeness (QED) is 0.420. The minimum absolute atomic E-state index is 0.165. The molecule has 0 bridgehead atoms. The molecule has 1 aromatic rings. The Morgan fingerprint density at radius 2 is 2.14 bits per heavy atom. The van der Waals surface area contributed by atoms with E-state index in [9.17, 15) is 13.2 Å². The minimum atomic E-state index is -4.18. The Balaban J connectivity index is 2.34. The monoisotopic (exact) mass is 320 g/mol. The summed E-state index contributed by atoms with van der Waals surface area (Å²) in [5, 5.41) is 7.97. The van der Waals surface area contributed by atoms with Gasteiger partial charge in [0.1, 0.15) is 6.61 Å². The van der Waals surface area contributed by atoms with Crippen molar-refractivity contribution in [3.8, 4) is 0 Å². The van der Waals surface area contributed by atoms with Gasteiger partial charge >= 0.3 is 6.18 Å². The molecular weight excluding hydrogens is 297 g/mol. The van der Waals surface area contributed by atoms with Gasteiger partial charge in [-0.05, 0) is 27.2 Å². The molecule has 0 spiro atoms. The van der Waals surface area contributed by atoms with Crippen molar-refractivity contribution in [2.75, 3.05) is 19.7 Å². The van der Waals surface area contributed by atoms with Crippen LogP contribution >= 0.6 is 0 Å². The van der Waals surface area contributed by atoms with Crippen molar-refractivity contribution in [1.29, 1.82) is 0 Å². The van der Waals surface area contributed by atoms with Crippen molar-refractivity contribution in [2.45, 2.75) is 39.4 Å². The number of nitrogens with zero attached hydrogens (tertiary/aromatic N) is 4. The van der Waals surface area contributed by atoms with E-state index in [0.29, 0.717) is 18.7 Å². The van der Waals surface area contributed by atoms with E-state index in [4.69, 9.17) is 4.84 Å². The number of hydrogen-bond acceptors (Lipinski definition) is 4. The Hall–Kier alpha value is -1.57. The first-order chi connectivity index (χ1) is 10.2. The normalized spacial score (nSPS) is 13.2. The maximum absolute atomic E-state index is 12.4. The van der Waals surface area contributed by atoms with E-state index in [-0.39, 0.29) is 12.6 Å². The topological polar surface area (TPSA) is 42.6 Å². The molecule has 1 aromatic heterocycles. The Morgan fingerprint density at radius 1 is 1.45 bits per heavy atom. The van der Waals surface area contributed by atoms with Crippen molar-refractivity contribution in [1.82, 2.24) is 14.7 Å². The number of hydrogen-bond donors (Lipinski definition) is 0. The second kappa shape index (κ2) is 8.17. The van der Waals surface area contributed by atoms with E-state index in [1.54, 1.807) is 38.7 Å². The van der Waals surface area contributed by atoms with Gasteiger partial charge in [-0.1, -0.05) is 5.16 Å². The van der Waals surface area contributed by atoms with E-state index in [2.05, 4.69) is 10.3 Å². The minimum Gasteiger partial charge on any atom is -0.396 e. The largest absolute Gasteiger partial charge is 0.401 e. The lowest BCUT2D eigenvalue weighted by atomic mass is 10.2. The molecule has 0 atom stereocenters. The van der Waals surface area contributed by atoms with Crippen LogP contribution in [-0.4, -0.2) is 52.3 Å². The molecule has 0 unspecified atom stereocenters. The number of aryl methyl sites for hydroxylation is 1. The van der Waals surface area contributed by atoms with Crippen LogP contribution in [0.2, 0.25) is 0 Å². The summed E-state index contributed by atoms with van der Waals surface area (Å²) >= 11 is 0. The van der Waals surface area contributed by atoms with Crippen LogP contribution in [0.25, 0.3) is 0 Å². The van der Waals surface area contributed by atoms with Gasteiger partial charge in [0, 0.05) is 31.4 Å². The Labute approximate surface area is 128 Å². The lowest BCUT2D eigenvalue weighted by Crippen LogP contribution is -2.39. The van der Waals surface area contributed by atoms with Crippen molar-refractivity contribution in [3.63, 3.8) is 0 Å². The summed E-state index contributed by atoms with van der Waals surface area (Å²) in [5.41, 5.74) is 1.53. The second-order valence-electron chi connectivity index (χ2n) is 5.45. The van der Waals surface area contributed by atoms with Crippen LogP contribution in [0, 0.1) is 0 Å². The molecule has 126 valence electrons. The smallest absolute Gasteiger partial charge is 0.396 e. The second-order valence-corrected chi connectivity index (χ2v) is 5.45. The number of halogens is 3. The highest BCUT2D eigenvalue weighted by Gasteiger charge is 2.31. The Morgan fingerprint density at radius 3 is 2.64 bits per heavy atom. The highest BCUT2D eigenvalue weighted by Crippen LogP contribution is 2.18. The molecule has 5 nitrogen and oxygen atoms in total. The van der Waals surface area contributed by atoms with Crippen LogP contribution in [-0.2, 0) is 11.9 Å². The first-order valence-corrected chi connectivity index (χ1v) is 7.15. The van der Waals surface area contributed by atoms with Crippen LogP contribution in [0.3, 0.4) is 0 Å². The van der Waals surface area contributed by atoms with Gasteiger partial charge in [-0.15, -0.1) is 0 Å². The lowest BCUT2D eigenvalue weighted by molar-refractivity contribution is -0.150. The zero-order chi connectivity index (χ0) is 16.8. The Bertz CT molecular complexity index is 483. The predicted octanol–water partition coefficient (Wildman–Crippen LogP) is 2.82. The average Bonchev–Trinajstić information content (AvgIpc) is 2.82. The molecule has 0 saturated heterocycles. The molecular formula is C14H23F3N4O. The van der Waals surface area contributed by atoms with Gasteiger partial charge in [0.2, 0.25) is 0 Å². The SMILES string of the molecule is CC(=NOCCCN(CC(F)(F)F)C(C)C)c1cnn(C)c1. The van der Waals surface area contributed by atoms with Crippen molar-refractivity contribution in [2.24, 2.45) is 12.2 Å². The number of oxime groups is 1. The summed E-state index contributed by atoms with van der Waals surface area (Å²) in [5.74, 6) is 0. The van der Waals surface area contributed by atoms with E-state index < -0.39 is 12.7 Å². The van der Waals surface area contributed by atoms with Crippen molar-refractivity contribution >= 4 is 5.71 Å². The highest BCUT2D eigenvalue weighted by atomic mass is 19.4. The summed E-state index contributed by atoms with van der Waals surface area (Å²) in [7, 11) is 1.80. The van der Waals surface area contributed by atoms with E-state index in [1.807, 2.05) is 6.20 Å². The van der Waals surface area contributed by atoms with E-state index >= 15 is 0 Å². The maximum atomic E-state index is 12.4. The fourth-order valence-corrected chi connectivity index (χ4v) is 1.89.